The fourth-order valence-corrected chi connectivity index (χ4v) is 7.25. The lowest BCUT2D eigenvalue weighted by Gasteiger charge is -2.26. The van der Waals surface area contributed by atoms with Crippen molar-refractivity contribution in [2.24, 2.45) is 4.99 Å². The molecule has 1 unspecified atom stereocenters. The third kappa shape index (κ3) is 5.72. The van der Waals surface area contributed by atoms with Crippen molar-refractivity contribution < 1.29 is 35.0 Å². The number of sulfonamides is 2. The number of aryl methyl sites for hydroxylation is 2. The van der Waals surface area contributed by atoms with Crippen LogP contribution in [0.4, 0.5) is 0 Å². The Balaban J connectivity index is 1.71. The molecule has 2 N–H and O–H groups in total. The molecule has 1 amide bonds. The first-order chi connectivity index (χ1) is 18.4. The van der Waals surface area contributed by atoms with Gasteiger partial charge in [-0.25, -0.2) is 18.2 Å². The zero-order valence-corrected chi connectivity index (χ0v) is 23.5. The second kappa shape index (κ2) is 11.1. The number of quaternary nitrogens is 1. The fraction of sp³-hybridized carbons (Fsp3) is 0.346. The Morgan fingerprint density at radius 3 is 2.15 bits per heavy atom. The average Bonchev–Trinajstić information content (AvgIpc) is 3.59. The third-order valence-electron chi connectivity index (χ3n) is 6.68. The van der Waals surface area contributed by atoms with Crippen LogP contribution in [0.3, 0.4) is 0 Å². The van der Waals surface area contributed by atoms with Crippen LogP contribution in [0, 0.1) is 13.8 Å². The van der Waals surface area contributed by atoms with E-state index in [9.17, 15) is 26.4 Å². The quantitative estimate of drug-likeness (QED) is 0.340. The number of carbonyl (C=O) groups excluding carboxylic acids is 2. The van der Waals surface area contributed by atoms with E-state index < -0.39 is 47.9 Å². The molecule has 4 rings (SSSR count). The van der Waals surface area contributed by atoms with Crippen molar-refractivity contribution in [3.8, 4) is 0 Å². The Morgan fingerprint density at radius 2 is 1.62 bits per heavy atom. The van der Waals surface area contributed by atoms with Gasteiger partial charge in [-0.05, 0) is 57.5 Å². The first kappa shape index (κ1) is 28.8. The molecule has 0 saturated carbocycles. The van der Waals surface area contributed by atoms with Crippen LogP contribution in [0.25, 0.3) is 0 Å². The molecule has 208 valence electrons. The highest BCUT2D eigenvalue weighted by Crippen LogP contribution is 2.33. The number of amides is 1. The number of benzene rings is 2. The molecule has 0 spiro atoms. The lowest BCUT2D eigenvalue weighted by molar-refractivity contribution is -0.556. The van der Waals surface area contributed by atoms with E-state index in [2.05, 4.69) is 15.0 Å². The van der Waals surface area contributed by atoms with Crippen LogP contribution in [0.15, 0.2) is 75.2 Å². The highest BCUT2D eigenvalue weighted by atomic mass is 32.2. The highest BCUT2D eigenvalue weighted by Gasteiger charge is 2.54. The van der Waals surface area contributed by atoms with Crippen molar-refractivity contribution in [2.75, 3.05) is 13.7 Å². The molecular formula is C26H31N4O7S2+. The monoisotopic (exact) mass is 575 g/mol. The number of aliphatic imine (C=N–C) groups is 1. The van der Waals surface area contributed by atoms with Crippen LogP contribution >= 0.6 is 0 Å². The number of ether oxygens (including phenoxy) is 1. The van der Waals surface area contributed by atoms with Crippen molar-refractivity contribution in [2.45, 2.75) is 55.0 Å². The van der Waals surface area contributed by atoms with Crippen molar-refractivity contribution >= 4 is 38.3 Å². The molecule has 13 heteroatoms. The van der Waals surface area contributed by atoms with E-state index >= 15 is 0 Å². The van der Waals surface area contributed by atoms with Gasteiger partial charge in [0, 0.05) is 6.42 Å². The van der Waals surface area contributed by atoms with Crippen LogP contribution in [0.5, 0.6) is 0 Å². The fourth-order valence-electron chi connectivity index (χ4n) is 4.44. The van der Waals surface area contributed by atoms with Gasteiger partial charge in [0.2, 0.25) is 16.4 Å². The van der Waals surface area contributed by atoms with E-state index in [1.54, 1.807) is 24.3 Å². The van der Waals surface area contributed by atoms with Gasteiger partial charge in [-0.3, -0.25) is 4.79 Å². The van der Waals surface area contributed by atoms with Crippen LogP contribution < -0.4 is 10.0 Å². The number of carbonyl (C=O) groups is 2. The summed E-state index contributed by atoms with van der Waals surface area (Å²) in [5, 5.41) is 3.04. The molecule has 1 saturated heterocycles. The summed E-state index contributed by atoms with van der Waals surface area (Å²) in [6.07, 6.45) is 3.01. The van der Waals surface area contributed by atoms with Gasteiger partial charge in [0.15, 0.2) is 0 Å². The minimum atomic E-state index is -4.36. The summed E-state index contributed by atoms with van der Waals surface area (Å²) in [5.41, 5.74) is 1.74. The number of esters is 1. The van der Waals surface area contributed by atoms with Crippen LogP contribution in [-0.4, -0.2) is 64.7 Å². The normalized spacial score (nSPS) is 21.9. The van der Waals surface area contributed by atoms with E-state index in [1.807, 2.05) is 13.8 Å². The first-order valence-corrected chi connectivity index (χ1v) is 15.2. The van der Waals surface area contributed by atoms with Crippen LogP contribution in [-0.2, 0) is 34.4 Å². The second-order valence-corrected chi connectivity index (χ2v) is 13.3. The van der Waals surface area contributed by atoms with Gasteiger partial charge < -0.3 is 10.1 Å². The Hall–Kier alpha value is -3.23. The minimum Gasteiger partial charge on any atom is -0.468 e. The summed E-state index contributed by atoms with van der Waals surface area (Å²) in [4.78, 5) is 30.4. The molecule has 39 heavy (non-hydrogen) atoms. The van der Waals surface area contributed by atoms with Gasteiger partial charge >= 0.3 is 21.9 Å². The average molecular weight is 576 g/mol. The molecular weight excluding hydrogens is 544 g/mol. The molecule has 0 aliphatic carbocycles. The third-order valence-corrected chi connectivity index (χ3v) is 10.2. The molecule has 0 bridgehead atoms. The Bertz CT molecular complexity index is 1530. The SMILES string of the molecule is COC(=O)[C@H](CC1=C[N+](C(=O)[C@@H]2CCCN2)(S(=O)(=O)c2ccc(C)cc2)C=N1)NS(=O)(=O)c1ccc(C)cc1. The number of rotatable bonds is 9. The van der Waals surface area contributed by atoms with E-state index in [0.29, 0.717) is 19.4 Å². The Labute approximate surface area is 228 Å². The van der Waals surface area contributed by atoms with Crippen molar-refractivity contribution in [1.82, 2.24) is 10.0 Å². The Morgan fingerprint density at radius 1 is 1.03 bits per heavy atom. The van der Waals surface area contributed by atoms with Crippen molar-refractivity contribution in [3.63, 3.8) is 0 Å². The molecule has 1 fully saturated rings. The molecule has 2 aliphatic rings. The van der Waals surface area contributed by atoms with Gasteiger partial charge in [-0.1, -0.05) is 39.3 Å². The molecule has 2 heterocycles. The van der Waals surface area contributed by atoms with Gasteiger partial charge in [-0.2, -0.15) is 13.1 Å². The summed E-state index contributed by atoms with van der Waals surface area (Å²) in [5.74, 6) is -1.53. The van der Waals surface area contributed by atoms with E-state index in [-0.39, 0.29) is 21.9 Å². The van der Waals surface area contributed by atoms with E-state index in [4.69, 9.17) is 4.74 Å². The number of nitrogens with one attached hydrogen (secondary N) is 2. The minimum absolute atomic E-state index is 0.0408. The maximum absolute atomic E-state index is 13.9. The van der Waals surface area contributed by atoms with E-state index in [1.165, 1.54) is 24.3 Å². The van der Waals surface area contributed by atoms with Gasteiger partial charge in [-0.15, -0.1) is 0 Å². The second-order valence-electron chi connectivity index (χ2n) is 9.56. The zero-order valence-electron chi connectivity index (χ0n) is 21.8. The van der Waals surface area contributed by atoms with Crippen LogP contribution in [0.1, 0.15) is 30.4 Å². The molecule has 11 nitrogen and oxygen atoms in total. The summed E-state index contributed by atoms with van der Waals surface area (Å²) in [6, 6.07) is 10.0. The predicted molar refractivity (Wildman–Crippen MR) is 143 cm³/mol. The summed E-state index contributed by atoms with van der Waals surface area (Å²) < 4.78 is 59.7. The molecule has 0 aromatic heterocycles. The molecule has 2 aromatic carbocycles. The summed E-state index contributed by atoms with van der Waals surface area (Å²) >= 11 is 0. The summed E-state index contributed by atoms with van der Waals surface area (Å²) in [6.45, 7) is 4.19. The van der Waals surface area contributed by atoms with E-state index in [0.717, 1.165) is 30.8 Å². The maximum atomic E-state index is 13.9. The summed E-state index contributed by atoms with van der Waals surface area (Å²) in [7, 11) is -7.39. The first-order valence-electron chi connectivity index (χ1n) is 12.3. The molecule has 2 aliphatic heterocycles. The van der Waals surface area contributed by atoms with Crippen molar-refractivity contribution in [3.05, 3.63) is 71.6 Å². The zero-order chi connectivity index (χ0) is 28.4. The molecule has 0 radical (unpaired) electrons. The van der Waals surface area contributed by atoms with Crippen LogP contribution in [0.2, 0.25) is 0 Å². The molecule has 3 atom stereocenters. The maximum Gasteiger partial charge on any atom is 0.356 e. The largest absolute Gasteiger partial charge is 0.468 e. The van der Waals surface area contributed by atoms with Gasteiger partial charge in [0.05, 0.1) is 12.0 Å². The smallest absolute Gasteiger partial charge is 0.356 e. The predicted octanol–water partition coefficient (Wildman–Crippen LogP) is 1.88. The van der Waals surface area contributed by atoms with Gasteiger partial charge in [0.25, 0.3) is 0 Å². The number of hydrogen-bond acceptors (Lipinski definition) is 9. The van der Waals surface area contributed by atoms with Crippen molar-refractivity contribution in [1.29, 1.82) is 0 Å². The number of nitrogens with zero attached hydrogens (tertiary/aromatic N) is 2. The van der Waals surface area contributed by atoms with Gasteiger partial charge in [0.1, 0.15) is 28.9 Å². The Kier molecular flexibility index (Phi) is 8.19. The number of hydrogen-bond donors (Lipinski definition) is 2. The lowest BCUT2D eigenvalue weighted by Crippen LogP contribution is -2.56. The number of methoxy groups -OCH3 is 1. The molecule has 2 aromatic rings. The highest BCUT2D eigenvalue weighted by molar-refractivity contribution is 7.89. The lowest BCUT2D eigenvalue weighted by atomic mass is 10.2. The standard InChI is InChI=1S/C26H31N4O7S2/c1-18-6-10-21(11-7-18)38(33,34)29-24(26(32)37-3)15-20-16-30(17-28-20,25(31)23-5-4-14-27-23)39(35,36)22-12-8-19(2)9-13-22/h6-13,16-17,23-24,27,29H,4-5,14-15H2,1-3H3/q+1/t23-,24-,30?/m0/s1. The topological polar surface area (TPSA) is 148 Å².